The standard InChI is InChI=1S/C21H19ClFN5O3/c1-11-18(20(29)27-15-9-16(30-2)13(22)8-17(15)31-3)19(12-6-4-5-7-14(12)23)28-21(26-11)24-10-25-28/h4-10,19H,1-3H3,(H,27,29)(H,24,25,26)/t19-/m0/s1. The first-order chi connectivity index (χ1) is 14.9. The number of rotatable bonds is 5. The number of benzene rings is 2. The molecule has 0 aliphatic carbocycles. The Balaban J connectivity index is 1.79. The van der Waals surface area contributed by atoms with Gasteiger partial charge in [-0.3, -0.25) is 4.79 Å². The normalized spacial score (nSPS) is 15.2. The molecule has 0 saturated carbocycles. The predicted molar refractivity (Wildman–Crippen MR) is 114 cm³/mol. The molecule has 1 aliphatic rings. The summed E-state index contributed by atoms with van der Waals surface area (Å²) in [5.41, 5.74) is 1.44. The van der Waals surface area contributed by atoms with Gasteiger partial charge in [0.2, 0.25) is 5.95 Å². The van der Waals surface area contributed by atoms with E-state index in [4.69, 9.17) is 21.1 Å². The molecule has 8 nitrogen and oxygen atoms in total. The molecular formula is C21H19ClFN5O3. The van der Waals surface area contributed by atoms with Gasteiger partial charge in [-0.1, -0.05) is 29.8 Å². The van der Waals surface area contributed by atoms with Crippen LogP contribution >= 0.6 is 11.6 Å². The Labute approximate surface area is 182 Å². The van der Waals surface area contributed by atoms with Crippen LogP contribution in [0.2, 0.25) is 5.02 Å². The number of halogens is 2. The van der Waals surface area contributed by atoms with Gasteiger partial charge >= 0.3 is 0 Å². The second kappa shape index (κ2) is 8.27. The molecule has 4 rings (SSSR count). The van der Waals surface area contributed by atoms with Crippen molar-refractivity contribution in [2.75, 3.05) is 24.9 Å². The molecule has 2 aromatic carbocycles. The van der Waals surface area contributed by atoms with Crippen molar-refractivity contribution in [1.82, 2.24) is 14.8 Å². The summed E-state index contributed by atoms with van der Waals surface area (Å²) >= 11 is 6.16. The minimum absolute atomic E-state index is 0.277. The van der Waals surface area contributed by atoms with E-state index >= 15 is 0 Å². The molecule has 0 saturated heterocycles. The van der Waals surface area contributed by atoms with Crippen LogP contribution in [0.1, 0.15) is 18.5 Å². The fourth-order valence-corrected chi connectivity index (χ4v) is 3.75. The minimum atomic E-state index is -0.819. The smallest absolute Gasteiger partial charge is 0.255 e. The van der Waals surface area contributed by atoms with Gasteiger partial charge in [-0.05, 0) is 13.0 Å². The number of hydrogen-bond acceptors (Lipinski definition) is 6. The summed E-state index contributed by atoms with van der Waals surface area (Å²) in [4.78, 5) is 17.6. The zero-order valence-corrected chi connectivity index (χ0v) is 17.7. The number of amides is 1. The Morgan fingerprint density at radius 1 is 1.23 bits per heavy atom. The molecule has 31 heavy (non-hydrogen) atoms. The molecular weight excluding hydrogens is 425 g/mol. The quantitative estimate of drug-likeness (QED) is 0.619. The number of carbonyl (C=O) groups is 1. The highest BCUT2D eigenvalue weighted by Gasteiger charge is 2.35. The first kappa shape index (κ1) is 20.7. The fourth-order valence-electron chi connectivity index (χ4n) is 3.52. The summed E-state index contributed by atoms with van der Waals surface area (Å²) in [6.45, 7) is 1.72. The lowest BCUT2D eigenvalue weighted by Gasteiger charge is -2.29. The Hall–Kier alpha value is -3.59. The second-order valence-electron chi connectivity index (χ2n) is 6.76. The van der Waals surface area contributed by atoms with Crippen LogP contribution in [0.5, 0.6) is 11.5 Å². The molecule has 0 fully saturated rings. The van der Waals surface area contributed by atoms with Crippen molar-refractivity contribution >= 4 is 29.1 Å². The molecule has 0 unspecified atom stereocenters. The zero-order valence-electron chi connectivity index (χ0n) is 16.9. The molecule has 10 heteroatoms. The van der Waals surface area contributed by atoms with Crippen LogP contribution in [0.3, 0.4) is 0 Å². The zero-order chi connectivity index (χ0) is 22.1. The Morgan fingerprint density at radius 2 is 1.97 bits per heavy atom. The van der Waals surface area contributed by atoms with Gasteiger partial charge in [0.15, 0.2) is 0 Å². The maximum absolute atomic E-state index is 14.7. The highest BCUT2D eigenvalue weighted by molar-refractivity contribution is 6.32. The van der Waals surface area contributed by atoms with E-state index < -0.39 is 17.8 Å². The predicted octanol–water partition coefficient (Wildman–Crippen LogP) is 4.02. The first-order valence-corrected chi connectivity index (χ1v) is 9.67. The highest BCUT2D eigenvalue weighted by Crippen LogP contribution is 2.39. The fraction of sp³-hybridized carbons (Fsp3) is 0.190. The Morgan fingerprint density at radius 3 is 2.68 bits per heavy atom. The molecule has 1 atom stereocenters. The van der Waals surface area contributed by atoms with Crippen LogP contribution in [-0.4, -0.2) is 34.9 Å². The van der Waals surface area contributed by atoms with Crippen LogP contribution in [-0.2, 0) is 4.79 Å². The number of ether oxygens (including phenoxy) is 2. The van der Waals surface area contributed by atoms with Gasteiger partial charge in [-0.25, -0.2) is 9.07 Å². The van der Waals surface area contributed by atoms with Crippen molar-refractivity contribution < 1.29 is 18.7 Å². The minimum Gasteiger partial charge on any atom is -0.495 e. The van der Waals surface area contributed by atoms with Gasteiger partial charge in [0.1, 0.15) is 29.7 Å². The van der Waals surface area contributed by atoms with Crippen molar-refractivity contribution in [3.63, 3.8) is 0 Å². The van der Waals surface area contributed by atoms with E-state index in [1.165, 1.54) is 31.3 Å². The average Bonchev–Trinajstić information content (AvgIpc) is 3.22. The van der Waals surface area contributed by atoms with Crippen LogP contribution in [0.25, 0.3) is 0 Å². The molecule has 3 aromatic rings. The number of aromatic nitrogens is 3. The highest BCUT2D eigenvalue weighted by atomic mass is 35.5. The van der Waals surface area contributed by atoms with Crippen molar-refractivity contribution in [2.24, 2.45) is 0 Å². The summed E-state index contributed by atoms with van der Waals surface area (Å²) in [5.74, 6) is 0.203. The van der Waals surface area contributed by atoms with E-state index in [0.717, 1.165) is 0 Å². The number of nitrogens with zero attached hydrogens (tertiary/aromatic N) is 3. The lowest BCUT2D eigenvalue weighted by molar-refractivity contribution is -0.113. The van der Waals surface area contributed by atoms with Gasteiger partial charge in [0.05, 0.1) is 30.5 Å². The third-order valence-electron chi connectivity index (χ3n) is 4.96. The maximum Gasteiger partial charge on any atom is 0.255 e. The maximum atomic E-state index is 14.7. The molecule has 1 aliphatic heterocycles. The summed E-state index contributed by atoms with van der Waals surface area (Å²) in [7, 11) is 2.93. The van der Waals surface area contributed by atoms with Crippen molar-refractivity contribution in [3.8, 4) is 11.5 Å². The third-order valence-corrected chi connectivity index (χ3v) is 5.26. The number of allylic oxidation sites excluding steroid dienone is 1. The average molecular weight is 444 g/mol. The SMILES string of the molecule is COc1cc(NC(=O)C2=C(C)Nc3ncnn3[C@H]2c2ccccc2F)c(OC)cc1Cl. The lowest BCUT2D eigenvalue weighted by atomic mass is 9.94. The second-order valence-corrected chi connectivity index (χ2v) is 7.16. The van der Waals surface area contributed by atoms with Crippen molar-refractivity contribution in [3.05, 3.63) is 70.4 Å². The third kappa shape index (κ3) is 3.68. The van der Waals surface area contributed by atoms with Gasteiger partial charge in [0.25, 0.3) is 5.91 Å². The van der Waals surface area contributed by atoms with E-state index in [0.29, 0.717) is 39.4 Å². The van der Waals surface area contributed by atoms with Gasteiger partial charge in [0, 0.05) is 23.4 Å². The van der Waals surface area contributed by atoms with Crippen molar-refractivity contribution in [2.45, 2.75) is 13.0 Å². The van der Waals surface area contributed by atoms with Gasteiger partial charge in [-0.15, -0.1) is 0 Å². The summed E-state index contributed by atoms with van der Waals surface area (Å²) < 4.78 is 26.8. The number of nitrogens with one attached hydrogen (secondary N) is 2. The monoisotopic (exact) mass is 443 g/mol. The number of hydrogen-bond donors (Lipinski definition) is 2. The largest absolute Gasteiger partial charge is 0.495 e. The first-order valence-electron chi connectivity index (χ1n) is 9.29. The molecule has 2 N–H and O–H groups in total. The van der Waals surface area contributed by atoms with E-state index in [1.807, 2.05) is 0 Å². The Bertz CT molecular complexity index is 1190. The van der Waals surface area contributed by atoms with Crippen LogP contribution < -0.4 is 20.1 Å². The number of fused-ring (bicyclic) bond motifs is 1. The molecule has 0 bridgehead atoms. The van der Waals surface area contributed by atoms with Gasteiger partial charge in [-0.2, -0.15) is 10.1 Å². The molecule has 1 amide bonds. The summed E-state index contributed by atoms with van der Waals surface area (Å²) in [6, 6.07) is 8.53. The number of carbonyl (C=O) groups excluding carboxylic acids is 1. The number of methoxy groups -OCH3 is 2. The van der Waals surface area contributed by atoms with Crippen LogP contribution in [0, 0.1) is 5.82 Å². The molecule has 0 spiro atoms. The van der Waals surface area contributed by atoms with E-state index in [1.54, 1.807) is 37.3 Å². The number of anilines is 2. The van der Waals surface area contributed by atoms with E-state index in [-0.39, 0.29) is 5.57 Å². The van der Waals surface area contributed by atoms with Crippen molar-refractivity contribution in [1.29, 1.82) is 0 Å². The Kier molecular flexibility index (Phi) is 5.51. The molecule has 2 heterocycles. The van der Waals surface area contributed by atoms with E-state index in [9.17, 15) is 9.18 Å². The van der Waals surface area contributed by atoms with Crippen LogP contribution in [0.15, 0.2) is 54.0 Å². The molecule has 160 valence electrons. The summed E-state index contributed by atoms with van der Waals surface area (Å²) in [6.07, 6.45) is 1.34. The van der Waals surface area contributed by atoms with Gasteiger partial charge < -0.3 is 20.1 Å². The lowest BCUT2D eigenvalue weighted by Crippen LogP contribution is -2.32. The topological polar surface area (TPSA) is 90.3 Å². The summed E-state index contributed by atoms with van der Waals surface area (Å²) in [5, 5.41) is 10.4. The molecule has 1 aromatic heterocycles. The van der Waals surface area contributed by atoms with Crippen LogP contribution in [0.4, 0.5) is 16.0 Å². The molecule has 0 radical (unpaired) electrons. The van der Waals surface area contributed by atoms with E-state index in [2.05, 4.69) is 20.7 Å².